The van der Waals surface area contributed by atoms with Crippen molar-refractivity contribution in [1.82, 2.24) is 10.4 Å². The minimum atomic E-state index is -0.888. The molecular formula is C17H17N3O6. The minimum absolute atomic E-state index is 0.00843. The van der Waals surface area contributed by atoms with Crippen LogP contribution in [0.5, 0.6) is 5.75 Å². The molecule has 0 saturated carbocycles. The van der Waals surface area contributed by atoms with Crippen LogP contribution in [0.25, 0.3) is 0 Å². The van der Waals surface area contributed by atoms with Crippen molar-refractivity contribution in [3.8, 4) is 11.8 Å². The molecule has 0 unspecified atom stereocenters. The molecule has 0 bridgehead atoms. The SMILES string of the molecule is N#Cc1cc(C(=O)NCCCCC(=O)O)ccc1ON1C(=O)CCC1=O. The van der Waals surface area contributed by atoms with Crippen molar-refractivity contribution in [1.29, 1.82) is 5.26 Å². The highest BCUT2D eigenvalue weighted by Gasteiger charge is 2.32. The number of carbonyl (C=O) groups excluding carboxylic acids is 3. The molecule has 0 aliphatic carbocycles. The van der Waals surface area contributed by atoms with Crippen molar-refractivity contribution in [2.45, 2.75) is 32.1 Å². The van der Waals surface area contributed by atoms with Crippen LogP contribution >= 0.6 is 0 Å². The van der Waals surface area contributed by atoms with Crippen molar-refractivity contribution in [2.24, 2.45) is 0 Å². The van der Waals surface area contributed by atoms with Crippen molar-refractivity contribution in [3.63, 3.8) is 0 Å². The molecule has 2 N–H and O–H groups in total. The summed E-state index contributed by atoms with van der Waals surface area (Å²) in [5, 5.41) is 21.0. The lowest BCUT2D eigenvalue weighted by Crippen LogP contribution is -2.32. The number of carboxylic acid groups (broad SMARTS) is 1. The Morgan fingerprint density at radius 2 is 1.92 bits per heavy atom. The predicted molar refractivity (Wildman–Crippen MR) is 86.7 cm³/mol. The van der Waals surface area contributed by atoms with Gasteiger partial charge in [0.25, 0.3) is 17.7 Å². The summed E-state index contributed by atoms with van der Waals surface area (Å²) in [6.45, 7) is 0.309. The summed E-state index contributed by atoms with van der Waals surface area (Å²) in [7, 11) is 0. The molecule has 1 aromatic rings. The van der Waals surface area contributed by atoms with Crippen LogP contribution in [0.3, 0.4) is 0 Å². The number of carboxylic acids is 1. The maximum absolute atomic E-state index is 12.1. The normalized spacial score (nSPS) is 13.4. The van der Waals surface area contributed by atoms with E-state index in [1.807, 2.05) is 6.07 Å². The highest BCUT2D eigenvalue weighted by atomic mass is 16.7. The van der Waals surface area contributed by atoms with Gasteiger partial charge in [-0.25, -0.2) is 0 Å². The third-order valence-corrected chi connectivity index (χ3v) is 3.66. The lowest BCUT2D eigenvalue weighted by molar-refractivity contribution is -0.164. The quantitative estimate of drug-likeness (QED) is 0.521. The van der Waals surface area contributed by atoms with Gasteiger partial charge in [-0.3, -0.25) is 19.2 Å². The zero-order valence-corrected chi connectivity index (χ0v) is 13.9. The number of hydroxylamine groups is 2. The molecule has 1 fully saturated rings. The third kappa shape index (κ3) is 4.80. The van der Waals surface area contributed by atoms with Crippen LogP contribution in [0.4, 0.5) is 0 Å². The number of hydrogen-bond acceptors (Lipinski definition) is 6. The second kappa shape index (κ2) is 8.62. The van der Waals surface area contributed by atoms with Crippen LogP contribution in [-0.4, -0.2) is 40.4 Å². The number of unbranched alkanes of at least 4 members (excludes halogenated alkanes) is 1. The van der Waals surface area contributed by atoms with Crippen LogP contribution in [0, 0.1) is 11.3 Å². The number of rotatable bonds is 8. The molecular weight excluding hydrogens is 342 g/mol. The molecule has 0 radical (unpaired) electrons. The molecule has 1 saturated heterocycles. The Kier molecular flexibility index (Phi) is 6.27. The van der Waals surface area contributed by atoms with Crippen LogP contribution in [-0.2, 0) is 14.4 Å². The number of nitrogens with one attached hydrogen (secondary N) is 1. The summed E-state index contributed by atoms with van der Waals surface area (Å²) in [5.74, 6) is -2.27. The molecule has 136 valence electrons. The number of aliphatic carboxylic acids is 1. The first-order valence-corrected chi connectivity index (χ1v) is 8.00. The van der Waals surface area contributed by atoms with Gasteiger partial charge in [0.05, 0.1) is 5.56 Å². The molecule has 1 aliphatic rings. The summed E-state index contributed by atoms with van der Waals surface area (Å²) in [6.07, 6.45) is 1.12. The van der Waals surface area contributed by atoms with Gasteiger partial charge in [0.15, 0.2) is 5.75 Å². The lowest BCUT2D eigenvalue weighted by Gasteiger charge is -2.15. The van der Waals surface area contributed by atoms with Crippen LogP contribution in [0.1, 0.15) is 48.0 Å². The molecule has 0 aromatic heterocycles. The average Bonchev–Trinajstić information content (AvgIpc) is 2.93. The van der Waals surface area contributed by atoms with Gasteiger partial charge in [-0.2, -0.15) is 5.26 Å². The van der Waals surface area contributed by atoms with Crippen molar-refractivity contribution >= 4 is 23.7 Å². The number of carbonyl (C=O) groups is 4. The Morgan fingerprint density at radius 1 is 1.23 bits per heavy atom. The zero-order valence-electron chi connectivity index (χ0n) is 13.9. The highest BCUT2D eigenvalue weighted by Crippen LogP contribution is 2.23. The van der Waals surface area contributed by atoms with Crippen LogP contribution in [0.2, 0.25) is 0 Å². The third-order valence-electron chi connectivity index (χ3n) is 3.66. The molecule has 1 heterocycles. The summed E-state index contributed by atoms with van der Waals surface area (Å²) >= 11 is 0. The Morgan fingerprint density at radius 3 is 2.54 bits per heavy atom. The smallest absolute Gasteiger partial charge is 0.303 e. The van der Waals surface area contributed by atoms with Crippen molar-refractivity contribution in [3.05, 3.63) is 29.3 Å². The van der Waals surface area contributed by atoms with E-state index in [1.165, 1.54) is 18.2 Å². The van der Waals surface area contributed by atoms with E-state index in [2.05, 4.69) is 5.32 Å². The number of amides is 3. The van der Waals surface area contributed by atoms with Crippen LogP contribution < -0.4 is 10.2 Å². The topological polar surface area (TPSA) is 137 Å². The minimum Gasteiger partial charge on any atom is -0.481 e. The fourth-order valence-corrected chi connectivity index (χ4v) is 2.30. The lowest BCUT2D eigenvalue weighted by atomic mass is 10.1. The Hall–Kier alpha value is -3.41. The van der Waals surface area contributed by atoms with Crippen LogP contribution in [0.15, 0.2) is 18.2 Å². The van der Waals surface area contributed by atoms with Crippen molar-refractivity contribution in [2.75, 3.05) is 6.54 Å². The summed E-state index contributed by atoms with van der Waals surface area (Å²) < 4.78 is 0. The number of nitrogens with zero attached hydrogens (tertiary/aromatic N) is 2. The summed E-state index contributed by atoms with van der Waals surface area (Å²) in [6, 6.07) is 5.92. The molecule has 0 atom stereocenters. The Labute approximate surface area is 149 Å². The first kappa shape index (κ1) is 18.9. The largest absolute Gasteiger partial charge is 0.481 e. The maximum atomic E-state index is 12.1. The van der Waals surface area contributed by atoms with Gasteiger partial charge in [0, 0.05) is 31.4 Å². The van der Waals surface area contributed by atoms with Gasteiger partial charge < -0.3 is 15.3 Å². The number of nitriles is 1. The zero-order chi connectivity index (χ0) is 19.1. The van der Waals surface area contributed by atoms with Gasteiger partial charge in [-0.05, 0) is 31.0 Å². The maximum Gasteiger partial charge on any atom is 0.303 e. The molecule has 2 rings (SSSR count). The van der Waals surface area contributed by atoms with Gasteiger partial charge in [0.1, 0.15) is 6.07 Å². The second-order valence-electron chi connectivity index (χ2n) is 5.60. The highest BCUT2D eigenvalue weighted by molar-refractivity contribution is 6.01. The molecule has 1 aromatic carbocycles. The van der Waals surface area contributed by atoms with Crippen molar-refractivity contribution < 1.29 is 29.1 Å². The first-order chi connectivity index (χ1) is 12.4. The van der Waals surface area contributed by atoms with E-state index in [0.29, 0.717) is 24.4 Å². The average molecular weight is 359 g/mol. The Balaban J connectivity index is 1.98. The fourth-order valence-electron chi connectivity index (χ4n) is 2.30. The Bertz CT molecular complexity index is 767. The first-order valence-electron chi connectivity index (χ1n) is 8.00. The number of benzene rings is 1. The molecule has 0 spiro atoms. The number of imide groups is 1. The van der Waals surface area contributed by atoms with E-state index in [-0.39, 0.29) is 36.1 Å². The van der Waals surface area contributed by atoms with E-state index in [9.17, 15) is 24.4 Å². The molecule has 26 heavy (non-hydrogen) atoms. The molecule has 9 nitrogen and oxygen atoms in total. The molecule has 1 aliphatic heterocycles. The predicted octanol–water partition coefficient (Wildman–Crippen LogP) is 0.986. The van der Waals surface area contributed by atoms with Gasteiger partial charge >= 0.3 is 5.97 Å². The van der Waals surface area contributed by atoms with E-state index in [4.69, 9.17) is 9.94 Å². The number of hydrogen-bond donors (Lipinski definition) is 2. The van der Waals surface area contributed by atoms with E-state index < -0.39 is 23.7 Å². The summed E-state index contributed by atoms with van der Waals surface area (Å²) in [5.41, 5.74) is 0.224. The fraction of sp³-hybridized carbons (Fsp3) is 0.353. The molecule has 3 amide bonds. The monoisotopic (exact) mass is 359 g/mol. The summed E-state index contributed by atoms with van der Waals surface area (Å²) in [4.78, 5) is 50.8. The van der Waals surface area contributed by atoms with Gasteiger partial charge in [0.2, 0.25) is 0 Å². The standard InChI is InChI=1S/C17H17N3O6/c18-10-12-9-11(17(25)19-8-2-1-3-16(23)24)4-5-13(12)26-20-14(21)6-7-15(20)22/h4-5,9H,1-3,6-8H2,(H,19,25)(H,23,24). The second-order valence-corrected chi connectivity index (χ2v) is 5.60. The van der Waals surface area contributed by atoms with E-state index >= 15 is 0 Å². The van der Waals surface area contributed by atoms with Gasteiger partial charge in [-0.1, -0.05) is 0 Å². The van der Waals surface area contributed by atoms with E-state index in [1.54, 1.807) is 0 Å². The van der Waals surface area contributed by atoms with Gasteiger partial charge in [-0.15, -0.1) is 5.06 Å². The molecule has 9 heteroatoms. The van der Waals surface area contributed by atoms with E-state index in [0.717, 1.165) is 0 Å².